The molecule has 0 amide bonds. The maximum absolute atomic E-state index is 5.31. The average molecular weight is 249 g/mol. The number of nitrogens with zero attached hydrogens (tertiary/aromatic N) is 2. The first kappa shape index (κ1) is 11.9. The first-order chi connectivity index (χ1) is 8.28. The fraction of sp³-hybridized carbons (Fsp3) is 0.333. The van der Waals surface area contributed by atoms with E-state index in [2.05, 4.69) is 34.3 Å². The molecule has 0 saturated heterocycles. The highest BCUT2D eigenvalue weighted by molar-refractivity contribution is 7.11. The molecule has 2 heterocycles. The number of rotatable bonds is 5. The lowest BCUT2D eigenvalue weighted by molar-refractivity contribution is 0.326. The molecule has 90 valence electrons. The minimum Gasteiger partial charge on any atom is -0.478 e. The Hall–Kier alpha value is -1.62. The van der Waals surface area contributed by atoms with Gasteiger partial charge >= 0.3 is 0 Å². The third-order valence-electron chi connectivity index (χ3n) is 2.14. The van der Waals surface area contributed by atoms with Crippen molar-refractivity contribution < 1.29 is 4.74 Å². The predicted octanol–water partition coefficient (Wildman–Crippen LogP) is 2.86. The second-order valence-corrected chi connectivity index (χ2v) is 4.89. The molecule has 2 aromatic heterocycles. The van der Waals surface area contributed by atoms with Crippen molar-refractivity contribution >= 4 is 17.3 Å². The van der Waals surface area contributed by atoms with Crippen molar-refractivity contribution in [3.63, 3.8) is 0 Å². The molecule has 0 saturated carbocycles. The number of hydrogen-bond donors (Lipinski definition) is 1. The summed E-state index contributed by atoms with van der Waals surface area (Å²) in [7, 11) is 0. The topological polar surface area (TPSA) is 47.0 Å². The normalized spacial score (nSPS) is 10.2. The van der Waals surface area contributed by atoms with E-state index in [1.54, 1.807) is 23.6 Å². The van der Waals surface area contributed by atoms with Crippen molar-refractivity contribution in [1.82, 2.24) is 9.97 Å². The van der Waals surface area contributed by atoms with Crippen molar-refractivity contribution in [2.75, 3.05) is 11.9 Å². The summed E-state index contributed by atoms with van der Waals surface area (Å²) in [6.45, 7) is 5.39. The Morgan fingerprint density at radius 2 is 2.24 bits per heavy atom. The molecule has 0 bridgehead atoms. The van der Waals surface area contributed by atoms with Crippen molar-refractivity contribution in [3.8, 4) is 5.88 Å². The zero-order valence-electron chi connectivity index (χ0n) is 9.93. The minimum atomic E-state index is 0.599. The van der Waals surface area contributed by atoms with E-state index >= 15 is 0 Å². The first-order valence-electron chi connectivity index (χ1n) is 5.53. The average Bonchev–Trinajstić information content (AvgIpc) is 2.74. The zero-order valence-corrected chi connectivity index (χ0v) is 10.8. The Kier molecular flexibility index (Phi) is 3.93. The lowest BCUT2D eigenvalue weighted by atomic mass is 10.4. The van der Waals surface area contributed by atoms with E-state index in [-0.39, 0.29) is 0 Å². The van der Waals surface area contributed by atoms with E-state index in [0.717, 1.165) is 6.54 Å². The summed E-state index contributed by atoms with van der Waals surface area (Å²) < 4.78 is 5.31. The number of thiophene rings is 1. The molecule has 1 N–H and O–H groups in total. The van der Waals surface area contributed by atoms with E-state index in [0.29, 0.717) is 18.4 Å². The summed E-state index contributed by atoms with van der Waals surface area (Å²) in [5.41, 5.74) is 0. The van der Waals surface area contributed by atoms with Gasteiger partial charge in [0.1, 0.15) is 0 Å². The molecule has 0 unspecified atom stereocenters. The second kappa shape index (κ2) is 5.63. The van der Waals surface area contributed by atoms with Crippen LogP contribution in [0, 0.1) is 6.92 Å². The molecule has 0 fully saturated rings. The molecule has 0 aliphatic rings. The molecule has 0 aliphatic carbocycles. The van der Waals surface area contributed by atoms with Gasteiger partial charge in [0.15, 0.2) is 0 Å². The van der Waals surface area contributed by atoms with Crippen molar-refractivity contribution in [2.24, 2.45) is 0 Å². The third-order valence-corrected chi connectivity index (χ3v) is 3.14. The molecular weight excluding hydrogens is 234 g/mol. The zero-order chi connectivity index (χ0) is 12.1. The Bertz CT molecular complexity index is 484. The van der Waals surface area contributed by atoms with Gasteiger partial charge in [-0.1, -0.05) is 0 Å². The Morgan fingerprint density at radius 1 is 1.35 bits per heavy atom. The fourth-order valence-corrected chi connectivity index (χ4v) is 2.23. The molecule has 2 rings (SSSR count). The SMILES string of the molecule is CCOc1ccnc(NCc2ccc(C)s2)n1. The van der Waals surface area contributed by atoms with E-state index in [4.69, 9.17) is 4.74 Å². The van der Waals surface area contributed by atoms with E-state index in [1.165, 1.54) is 9.75 Å². The molecule has 0 radical (unpaired) electrons. The maximum Gasteiger partial charge on any atom is 0.226 e. The predicted molar refractivity (Wildman–Crippen MR) is 69.6 cm³/mol. The monoisotopic (exact) mass is 249 g/mol. The van der Waals surface area contributed by atoms with E-state index in [9.17, 15) is 0 Å². The van der Waals surface area contributed by atoms with Crippen LogP contribution in [-0.2, 0) is 6.54 Å². The summed E-state index contributed by atoms with van der Waals surface area (Å²) in [4.78, 5) is 11.0. The number of ether oxygens (including phenoxy) is 1. The van der Waals surface area contributed by atoms with Crippen LogP contribution in [0.4, 0.5) is 5.95 Å². The molecule has 2 aromatic rings. The summed E-state index contributed by atoms with van der Waals surface area (Å²) in [5.74, 6) is 1.20. The number of hydrogen-bond acceptors (Lipinski definition) is 5. The standard InChI is InChI=1S/C12H15N3OS/c1-3-16-11-6-7-13-12(15-11)14-8-10-5-4-9(2)17-10/h4-7H,3,8H2,1-2H3,(H,13,14,15). The molecule has 17 heavy (non-hydrogen) atoms. The van der Waals surface area contributed by atoms with Gasteiger partial charge in [-0.25, -0.2) is 4.98 Å². The summed E-state index contributed by atoms with van der Waals surface area (Å²) >= 11 is 1.77. The number of anilines is 1. The lowest BCUT2D eigenvalue weighted by Gasteiger charge is -2.05. The van der Waals surface area contributed by atoms with E-state index < -0.39 is 0 Å². The smallest absolute Gasteiger partial charge is 0.226 e. The highest BCUT2D eigenvalue weighted by atomic mass is 32.1. The molecule has 0 aromatic carbocycles. The second-order valence-electron chi connectivity index (χ2n) is 3.52. The Morgan fingerprint density at radius 3 is 2.94 bits per heavy atom. The van der Waals surface area contributed by atoms with Gasteiger partial charge in [0.05, 0.1) is 13.2 Å². The van der Waals surface area contributed by atoms with Gasteiger partial charge in [-0.05, 0) is 26.0 Å². The van der Waals surface area contributed by atoms with Crippen LogP contribution in [0.25, 0.3) is 0 Å². The highest BCUT2D eigenvalue weighted by Gasteiger charge is 2.01. The van der Waals surface area contributed by atoms with Gasteiger partial charge < -0.3 is 10.1 Å². The van der Waals surface area contributed by atoms with Gasteiger partial charge in [0.25, 0.3) is 0 Å². The van der Waals surface area contributed by atoms with Crippen molar-refractivity contribution in [1.29, 1.82) is 0 Å². The maximum atomic E-state index is 5.31. The van der Waals surface area contributed by atoms with Crippen LogP contribution in [0.5, 0.6) is 5.88 Å². The summed E-state index contributed by atoms with van der Waals surface area (Å²) in [6.07, 6.45) is 1.69. The van der Waals surface area contributed by atoms with Crippen LogP contribution in [0.15, 0.2) is 24.4 Å². The van der Waals surface area contributed by atoms with Crippen molar-refractivity contribution in [3.05, 3.63) is 34.2 Å². The minimum absolute atomic E-state index is 0.599. The van der Waals surface area contributed by atoms with E-state index in [1.807, 2.05) is 6.92 Å². The summed E-state index contributed by atoms with van der Waals surface area (Å²) in [5, 5.41) is 3.18. The number of aromatic nitrogens is 2. The third kappa shape index (κ3) is 3.42. The quantitative estimate of drug-likeness (QED) is 0.885. The molecule has 0 atom stereocenters. The van der Waals surface area contributed by atoms with Crippen LogP contribution in [0.3, 0.4) is 0 Å². The molecular formula is C12H15N3OS. The fourth-order valence-electron chi connectivity index (χ4n) is 1.40. The van der Waals surface area contributed by atoms with Crippen LogP contribution < -0.4 is 10.1 Å². The van der Waals surface area contributed by atoms with Gasteiger partial charge in [-0.15, -0.1) is 11.3 Å². The number of nitrogens with one attached hydrogen (secondary N) is 1. The largest absolute Gasteiger partial charge is 0.478 e. The van der Waals surface area contributed by atoms with Crippen LogP contribution in [0.2, 0.25) is 0 Å². The Balaban J connectivity index is 1.96. The first-order valence-corrected chi connectivity index (χ1v) is 6.34. The van der Waals surface area contributed by atoms with Gasteiger partial charge in [-0.2, -0.15) is 4.98 Å². The molecule has 5 heteroatoms. The lowest BCUT2D eigenvalue weighted by Crippen LogP contribution is -2.03. The molecule has 0 aliphatic heterocycles. The molecule has 4 nitrogen and oxygen atoms in total. The van der Waals surface area contributed by atoms with Crippen LogP contribution in [-0.4, -0.2) is 16.6 Å². The van der Waals surface area contributed by atoms with Crippen molar-refractivity contribution in [2.45, 2.75) is 20.4 Å². The summed E-state index contributed by atoms with van der Waals surface area (Å²) in [6, 6.07) is 5.97. The molecule has 0 spiro atoms. The highest BCUT2D eigenvalue weighted by Crippen LogP contribution is 2.16. The number of aryl methyl sites for hydroxylation is 1. The van der Waals surface area contributed by atoms with Gasteiger partial charge in [0.2, 0.25) is 11.8 Å². The Labute approximate surface area is 105 Å². The van der Waals surface area contributed by atoms with Crippen LogP contribution in [0.1, 0.15) is 16.7 Å². The van der Waals surface area contributed by atoms with Gasteiger partial charge in [0, 0.05) is 22.0 Å². The van der Waals surface area contributed by atoms with Gasteiger partial charge in [-0.3, -0.25) is 0 Å². The van der Waals surface area contributed by atoms with Crippen LogP contribution >= 0.6 is 11.3 Å².